The molecule has 0 radical (unpaired) electrons. The summed E-state index contributed by atoms with van der Waals surface area (Å²) in [7, 11) is 0. The van der Waals surface area contributed by atoms with Gasteiger partial charge in [-0.05, 0) is 24.8 Å². The van der Waals surface area contributed by atoms with E-state index < -0.39 is 0 Å². The molecule has 0 saturated carbocycles. The van der Waals surface area contributed by atoms with Crippen molar-refractivity contribution in [3.8, 4) is 0 Å². The molecule has 0 aliphatic rings. The second-order valence-corrected chi connectivity index (χ2v) is 4.60. The van der Waals surface area contributed by atoms with E-state index in [2.05, 4.69) is 33.0 Å². The van der Waals surface area contributed by atoms with Crippen molar-refractivity contribution >= 4 is 0 Å². The molecule has 0 aromatic carbocycles. The van der Waals surface area contributed by atoms with Crippen LogP contribution in [0.15, 0.2) is 0 Å². The standard InChI is InChI=1S/C12H27NO/c1-5-11(6-2)8-13-12(9-14)7-10(3)4/h10-14H,5-9H2,1-4H3. The van der Waals surface area contributed by atoms with Crippen LogP contribution < -0.4 is 5.32 Å². The van der Waals surface area contributed by atoms with Gasteiger partial charge in [-0.15, -0.1) is 0 Å². The van der Waals surface area contributed by atoms with Gasteiger partial charge in [0.2, 0.25) is 0 Å². The van der Waals surface area contributed by atoms with Crippen LogP contribution in [0.5, 0.6) is 0 Å². The number of aliphatic hydroxyl groups excluding tert-OH is 1. The molecule has 0 aliphatic heterocycles. The first kappa shape index (κ1) is 13.9. The van der Waals surface area contributed by atoms with Crippen molar-refractivity contribution in [2.45, 2.75) is 53.0 Å². The van der Waals surface area contributed by atoms with E-state index >= 15 is 0 Å². The molecule has 0 aromatic rings. The maximum Gasteiger partial charge on any atom is 0.0584 e. The van der Waals surface area contributed by atoms with E-state index in [0.717, 1.165) is 18.9 Å². The van der Waals surface area contributed by atoms with Gasteiger partial charge < -0.3 is 10.4 Å². The molecule has 0 fully saturated rings. The summed E-state index contributed by atoms with van der Waals surface area (Å²) >= 11 is 0. The minimum Gasteiger partial charge on any atom is -0.395 e. The van der Waals surface area contributed by atoms with Crippen LogP contribution in [0.4, 0.5) is 0 Å². The molecule has 0 bridgehead atoms. The van der Waals surface area contributed by atoms with E-state index in [1.165, 1.54) is 12.8 Å². The fourth-order valence-electron chi connectivity index (χ4n) is 1.70. The SMILES string of the molecule is CCC(CC)CNC(CO)CC(C)C. The Bertz CT molecular complexity index is 121. The summed E-state index contributed by atoms with van der Waals surface area (Å²) < 4.78 is 0. The lowest BCUT2D eigenvalue weighted by molar-refractivity contribution is 0.217. The average molecular weight is 201 g/mol. The lowest BCUT2D eigenvalue weighted by atomic mass is 10.0. The Balaban J connectivity index is 3.70. The van der Waals surface area contributed by atoms with Crippen molar-refractivity contribution in [1.82, 2.24) is 5.32 Å². The number of hydrogen-bond donors (Lipinski definition) is 2. The Labute approximate surface area is 89.1 Å². The van der Waals surface area contributed by atoms with Gasteiger partial charge in [0.05, 0.1) is 6.61 Å². The zero-order valence-electron chi connectivity index (χ0n) is 10.2. The largest absolute Gasteiger partial charge is 0.395 e. The molecule has 0 rings (SSSR count). The normalized spacial score (nSPS) is 13.9. The second kappa shape index (κ2) is 8.25. The van der Waals surface area contributed by atoms with Crippen molar-refractivity contribution < 1.29 is 5.11 Å². The highest BCUT2D eigenvalue weighted by Crippen LogP contribution is 2.08. The molecular weight excluding hydrogens is 174 g/mol. The summed E-state index contributed by atoms with van der Waals surface area (Å²) in [5.74, 6) is 1.41. The summed E-state index contributed by atoms with van der Waals surface area (Å²) in [5, 5.41) is 12.6. The number of nitrogens with one attached hydrogen (secondary N) is 1. The summed E-state index contributed by atoms with van der Waals surface area (Å²) in [5.41, 5.74) is 0. The van der Waals surface area contributed by atoms with Gasteiger partial charge in [0.1, 0.15) is 0 Å². The monoisotopic (exact) mass is 201 g/mol. The van der Waals surface area contributed by atoms with Crippen LogP contribution in [0.3, 0.4) is 0 Å². The van der Waals surface area contributed by atoms with Crippen LogP contribution in [-0.2, 0) is 0 Å². The lowest BCUT2D eigenvalue weighted by Gasteiger charge is -2.21. The fourth-order valence-corrected chi connectivity index (χ4v) is 1.70. The van der Waals surface area contributed by atoms with Gasteiger partial charge in [0.25, 0.3) is 0 Å². The first-order chi connectivity index (χ1) is 6.63. The van der Waals surface area contributed by atoms with Gasteiger partial charge in [0, 0.05) is 6.04 Å². The lowest BCUT2D eigenvalue weighted by Crippen LogP contribution is -2.36. The van der Waals surface area contributed by atoms with Gasteiger partial charge in [-0.25, -0.2) is 0 Å². The van der Waals surface area contributed by atoms with Crippen LogP contribution in [-0.4, -0.2) is 24.3 Å². The molecule has 2 N–H and O–H groups in total. The molecule has 0 amide bonds. The smallest absolute Gasteiger partial charge is 0.0584 e. The maximum atomic E-state index is 9.17. The van der Waals surface area contributed by atoms with E-state index in [1.54, 1.807) is 0 Å². The predicted octanol–water partition coefficient (Wildman–Crippen LogP) is 2.42. The molecule has 0 spiro atoms. The Morgan fingerprint density at radius 2 is 1.71 bits per heavy atom. The van der Waals surface area contributed by atoms with Gasteiger partial charge in [-0.1, -0.05) is 40.5 Å². The van der Waals surface area contributed by atoms with Gasteiger partial charge in [0.15, 0.2) is 0 Å². The van der Waals surface area contributed by atoms with E-state index in [-0.39, 0.29) is 12.6 Å². The first-order valence-corrected chi connectivity index (χ1v) is 5.98. The minimum absolute atomic E-state index is 0.262. The molecule has 1 atom stereocenters. The molecule has 0 aliphatic carbocycles. The summed E-state index contributed by atoms with van der Waals surface area (Å²) in [6, 6.07) is 0.288. The Kier molecular flexibility index (Phi) is 8.20. The van der Waals surface area contributed by atoms with Gasteiger partial charge in [-0.2, -0.15) is 0 Å². The molecule has 2 heteroatoms. The number of aliphatic hydroxyl groups is 1. The highest BCUT2D eigenvalue weighted by Gasteiger charge is 2.11. The zero-order valence-corrected chi connectivity index (χ0v) is 10.2. The highest BCUT2D eigenvalue weighted by molar-refractivity contribution is 4.69. The molecule has 86 valence electrons. The second-order valence-electron chi connectivity index (χ2n) is 4.60. The third-order valence-corrected chi connectivity index (χ3v) is 2.83. The quantitative estimate of drug-likeness (QED) is 0.632. The van der Waals surface area contributed by atoms with Crippen LogP contribution in [0.1, 0.15) is 47.0 Å². The topological polar surface area (TPSA) is 32.3 Å². The van der Waals surface area contributed by atoms with E-state index in [4.69, 9.17) is 0 Å². The molecule has 14 heavy (non-hydrogen) atoms. The maximum absolute atomic E-state index is 9.17. The van der Waals surface area contributed by atoms with Crippen LogP contribution >= 0.6 is 0 Å². The van der Waals surface area contributed by atoms with Crippen molar-refractivity contribution in [2.75, 3.05) is 13.2 Å². The molecule has 0 aromatic heterocycles. The Morgan fingerprint density at radius 3 is 2.07 bits per heavy atom. The predicted molar refractivity (Wildman–Crippen MR) is 62.4 cm³/mol. The van der Waals surface area contributed by atoms with E-state index in [1.807, 2.05) is 0 Å². The van der Waals surface area contributed by atoms with Crippen LogP contribution in [0.25, 0.3) is 0 Å². The summed E-state index contributed by atoms with van der Waals surface area (Å²) in [6.07, 6.45) is 3.52. The minimum atomic E-state index is 0.262. The third kappa shape index (κ3) is 6.39. The van der Waals surface area contributed by atoms with Gasteiger partial charge in [-0.3, -0.25) is 0 Å². The molecule has 0 saturated heterocycles. The van der Waals surface area contributed by atoms with E-state index in [0.29, 0.717) is 5.92 Å². The first-order valence-electron chi connectivity index (χ1n) is 5.98. The third-order valence-electron chi connectivity index (χ3n) is 2.83. The van der Waals surface area contributed by atoms with Crippen molar-refractivity contribution in [1.29, 1.82) is 0 Å². The number of hydrogen-bond acceptors (Lipinski definition) is 2. The summed E-state index contributed by atoms with van der Waals surface area (Å²) in [6.45, 7) is 10.2. The zero-order chi connectivity index (χ0) is 11.0. The molecule has 0 heterocycles. The number of rotatable bonds is 8. The summed E-state index contributed by atoms with van der Waals surface area (Å²) in [4.78, 5) is 0. The van der Waals surface area contributed by atoms with Crippen molar-refractivity contribution in [3.63, 3.8) is 0 Å². The fraction of sp³-hybridized carbons (Fsp3) is 1.00. The van der Waals surface area contributed by atoms with Gasteiger partial charge >= 0.3 is 0 Å². The van der Waals surface area contributed by atoms with Crippen molar-refractivity contribution in [2.24, 2.45) is 11.8 Å². The van der Waals surface area contributed by atoms with Crippen LogP contribution in [0, 0.1) is 11.8 Å². The highest BCUT2D eigenvalue weighted by atomic mass is 16.3. The Hall–Kier alpha value is -0.0800. The van der Waals surface area contributed by atoms with E-state index in [9.17, 15) is 5.11 Å². The molecule has 1 unspecified atom stereocenters. The van der Waals surface area contributed by atoms with Crippen LogP contribution in [0.2, 0.25) is 0 Å². The average Bonchev–Trinajstić information content (AvgIpc) is 2.17. The molecular formula is C12H27NO. The molecule has 2 nitrogen and oxygen atoms in total. The Morgan fingerprint density at radius 1 is 1.14 bits per heavy atom. The van der Waals surface area contributed by atoms with Crippen molar-refractivity contribution in [3.05, 3.63) is 0 Å².